The van der Waals surface area contributed by atoms with Crippen LogP contribution in [0.3, 0.4) is 0 Å². The monoisotopic (exact) mass is 212 g/mol. The van der Waals surface area contributed by atoms with Gasteiger partial charge in [0.1, 0.15) is 0 Å². The molecule has 0 radical (unpaired) electrons. The number of carboxylic acids is 1. The molecule has 0 aliphatic rings. The van der Waals surface area contributed by atoms with E-state index in [1.807, 2.05) is 0 Å². The molecule has 0 atom stereocenters. The molecule has 0 saturated heterocycles. The van der Waals surface area contributed by atoms with Gasteiger partial charge in [-0.05, 0) is 18.2 Å². The van der Waals surface area contributed by atoms with Crippen LogP contribution in [0.2, 0.25) is 5.02 Å². The van der Waals surface area contributed by atoms with Gasteiger partial charge in [0.05, 0.1) is 11.7 Å². The van der Waals surface area contributed by atoms with E-state index in [1.54, 1.807) is 0 Å². The molecule has 0 heterocycles. The summed E-state index contributed by atoms with van der Waals surface area (Å²) in [5.74, 6) is -1.72. The zero-order valence-corrected chi connectivity index (χ0v) is 8.09. The fourth-order valence-corrected chi connectivity index (χ4v) is 1.16. The predicted molar refractivity (Wildman–Crippen MR) is 50.1 cm³/mol. The van der Waals surface area contributed by atoms with Gasteiger partial charge in [-0.2, -0.15) is 0 Å². The fourth-order valence-electron chi connectivity index (χ4n) is 0.988. The Bertz CT molecular complexity index is 390. The lowest BCUT2D eigenvalue weighted by Crippen LogP contribution is -2.24. The molecule has 1 N–H and O–H groups in total. The maximum absolute atomic E-state index is 10.7. The zero-order chi connectivity index (χ0) is 10.7. The number of amides is 1. The van der Waals surface area contributed by atoms with Crippen molar-refractivity contribution in [1.29, 1.82) is 0 Å². The van der Waals surface area contributed by atoms with Crippen molar-refractivity contribution in [3.05, 3.63) is 28.8 Å². The Morgan fingerprint density at radius 2 is 2.07 bits per heavy atom. The normalized spacial score (nSPS) is 9.57. The molecule has 0 unspecified atom stereocenters. The quantitative estimate of drug-likeness (QED) is 0.783. The highest BCUT2D eigenvalue weighted by Crippen LogP contribution is 2.20. The van der Waals surface area contributed by atoms with Crippen molar-refractivity contribution >= 4 is 29.2 Å². The molecule has 5 heteroatoms. The highest BCUT2D eigenvalue weighted by molar-refractivity contribution is 6.31. The molecule has 1 aromatic rings. The van der Waals surface area contributed by atoms with Gasteiger partial charge in [-0.15, -0.1) is 0 Å². The number of halogens is 1. The summed E-state index contributed by atoms with van der Waals surface area (Å²) < 4.78 is 0. The summed E-state index contributed by atoms with van der Waals surface area (Å²) in [6.45, 7) is 1.28. The Balaban J connectivity index is 3.15. The Labute approximate surface area is 85.5 Å². The Kier molecular flexibility index (Phi) is 3.09. The summed E-state index contributed by atoms with van der Waals surface area (Å²) in [5, 5.41) is 13.3. The molecule has 74 valence electrons. The van der Waals surface area contributed by atoms with Gasteiger partial charge in [-0.1, -0.05) is 11.6 Å². The number of carboxylic acid groups (broad SMARTS) is 1. The van der Waals surface area contributed by atoms with Crippen LogP contribution < -0.4 is 10.4 Å². The first kappa shape index (κ1) is 10.5. The second kappa shape index (κ2) is 4.11. The van der Waals surface area contributed by atoms with Crippen molar-refractivity contribution in [3.63, 3.8) is 0 Å². The van der Waals surface area contributed by atoms with Crippen molar-refractivity contribution in [2.24, 2.45) is 0 Å². The first-order valence-corrected chi connectivity index (χ1v) is 4.17. The standard InChI is InChI=1S/C9H8ClNO3/c1-5(12)11-8-4-6(10)2-3-7(8)9(13)14/h2-4H,1H3,(H,11,12)(H,13,14)/p-1. The minimum atomic E-state index is -1.36. The molecule has 1 aromatic carbocycles. The van der Waals surface area contributed by atoms with Crippen LogP contribution in [0.4, 0.5) is 5.69 Å². The first-order chi connectivity index (χ1) is 6.50. The molecule has 1 amide bonds. The SMILES string of the molecule is CC(=O)Nc1cc(Cl)ccc1C(=O)[O-]. The number of hydrogen-bond acceptors (Lipinski definition) is 3. The average molecular weight is 213 g/mol. The molecule has 0 aromatic heterocycles. The van der Waals surface area contributed by atoms with Crippen molar-refractivity contribution < 1.29 is 14.7 Å². The van der Waals surface area contributed by atoms with Crippen LogP contribution in [0, 0.1) is 0 Å². The van der Waals surface area contributed by atoms with Crippen molar-refractivity contribution in [2.75, 3.05) is 5.32 Å². The van der Waals surface area contributed by atoms with E-state index in [2.05, 4.69) is 5.32 Å². The Hall–Kier alpha value is -1.55. The summed E-state index contributed by atoms with van der Waals surface area (Å²) in [6, 6.07) is 4.05. The average Bonchev–Trinajstić information content (AvgIpc) is 2.01. The molecule has 0 saturated carbocycles. The van der Waals surface area contributed by atoms with Crippen LogP contribution in [-0.2, 0) is 4.79 Å². The Morgan fingerprint density at radius 1 is 1.43 bits per heavy atom. The number of carbonyl (C=O) groups is 2. The number of aromatic carboxylic acids is 1. The number of hydrogen-bond donors (Lipinski definition) is 1. The highest BCUT2D eigenvalue weighted by atomic mass is 35.5. The van der Waals surface area contributed by atoms with Crippen LogP contribution in [0.15, 0.2) is 18.2 Å². The maximum atomic E-state index is 10.7. The minimum absolute atomic E-state index is 0.0930. The lowest BCUT2D eigenvalue weighted by Gasteiger charge is -2.10. The fraction of sp³-hybridized carbons (Fsp3) is 0.111. The first-order valence-electron chi connectivity index (χ1n) is 3.79. The summed E-state index contributed by atoms with van der Waals surface area (Å²) in [7, 11) is 0. The number of rotatable bonds is 2. The lowest BCUT2D eigenvalue weighted by atomic mass is 10.2. The van der Waals surface area contributed by atoms with E-state index < -0.39 is 5.97 Å². The van der Waals surface area contributed by atoms with Gasteiger partial charge in [0.15, 0.2) is 0 Å². The number of nitrogens with one attached hydrogen (secondary N) is 1. The van der Waals surface area contributed by atoms with Crippen molar-refractivity contribution in [2.45, 2.75) is 6.92 Å². The van der Waals surface area contributed by atoms with E-state index in [1.165, 1.54) is 25.1 Å². The van der Waals surface area contributed by atoms with Crippen molar-refractivity contribution in [1.82, 2.24) is 0 Å². The molecule has 0 aliphatic carbocycles. The minimum Gasteiger partial charge on any atom is -0.545 e. The summed E-state index contributed by atoms with van der Waals surface area (Å²) in [5.41, 5.74) is 0.0506. The van der Waals surface area contributed by atoms with Crippen LogP contribution in [0.1, 0.15) is 17.3 Å². The molecule has 0 aliphatic heterocycles. The van der Waals surface area contributed by atoms with E-state index in [0.717, 1.165) is 0 Å². The van der Waals surface area contributed by atoms with Crippen LogP contribution >= 0.6 is 11.6 Å². The summed E-state index contributed by atoms with van der Waals surface area (Å²) in [6.07, 6.45) is 0. The molecular weight excluding hydrogens is 206 g/mol. The molecule has 14 heavy (non-hydrogen) atoms. The van der Waals surface area contributed by atoms with E-state index >= 15 is 0 Å². The van der Waals surface area contributed by atoms with Crippen LogP contribution in [0.5, 0.6) is 0 Å². The third-order valence-electron chi connectivity index (χ3n) is 1.51. The number of carbonyl (C=O) groups excluding carboxylic acids is 2. The third-order valence-corrected chi connectivity index (χ3v) is 1.75. The second-order valence-corrected chi connectivity index (χ2v) is 3.09. The van der Waals surface area contributed by atoms with Gasteiger partial charge >= 0.3 is 0 Å². The van der Waals surface area contributed by atoms with Gasteiger partial charge in [0.2, 0.25) is 5.91 Å². The van der Waals surface area contributed by atoms with Crippen LogP contribution in [0.25, 0.3) is 0 Å². The van der Waals surface area contributed by atoms with E-state index in [4.69, 9.17) is 11.6 Å². The van der Waals surface area contributed by atoms with E-state index in [9.17, 15) is 14.7 Å². The Morgan fingerprint density at radius 3 is 2.57 bits per heavy atom. The van der Waals surface area contributed by atoms with Crippen molar-refractivity contribution in [3.8, 4) is 0 Å². The van der Waals surface area contributed by atoms with Gasteiger partial charge in [0.25, 0.3) is 0 Å². The summed E-state index contributed by atoms with van der Waals surface area (Å²) >= 11 is 5.64. The van der Waals surface area contributed by atoms with E-state index in [-0.39, 0.29) is 17.2 Å². The smallest absolute Gasteiger partial charge is 0.221 e. The largest absolute Gasteiger partial charge is 0.545 e. The van der Waals surface area contributed by atoms with Gasteiger partial charge in [-0.3, -0.25) is 4.79 Å². The molecule has 4 nitrogen and oxygen atoms in total. The molecule has 0 spiro atoms. The van der Waals surface area contributed by atoms with Crippen LogP contribution in [-0.4, -0.2) is 11.9 Å². The molecule has 0 bridgehead atoms. The van der Waals surface area contributed by atoms with Gasteiger partial charge in [-0.25, -0.2) is 0 Å². The summed E-state index contributed by atoms with van der Waals surface area (Å²) in [4.78, 5) is 21.3. The molecule has 1 rings (SSSR count). The number of anilines is 1. The maximum Gasteiger partial charge on any atom is 0.221 e. The topological polar surface area (TPSA) is 69.2 Å². The van der Waals surface area contributed by atoms with Gasteiger partial charge in [0, 0.05) is 17.5 Å². The second-order valence-electron chi connectivity index (χ2n) is 2.66. The third kappa shape index (κ3) is 2.47. The van der Waals surface area contributed by atoms with Gasteiger partial charge < -0.3 is 15.2 Å². The van der Waals surface area contributed by atoms with E-state index in [0.29, 0.717) is 5.02 Å². The zero-order valence-electron chi connectivity index (χ0n) is 7.33. The predicted octanol–water partition coefficient (Wildman–Crippen LogP) is 0.662. The molecule has 0 fully saturated rings. The lowest BCUT2D eigenvalue weighted by molar-refractivity contribution is -0.254. The number of benzene rings is 1. The highest BCUT2D eigenvalue weighted by Gasteiger charge is 2.05. The molecular formula is C9H7ClNO3-.